The van der Waals surface area contributed by atoms with Gasteiger partial charge in [0.15, 0.2) is 0 Å². The van der Waals surface area contributed by atoms with E-state index < -0.39 is 6.04 Å². The van der Waals surface area contributed by atoms with E-state index in [1.54, 1.807) is 36.1 Å². The van der Waals surface area contributed by atoms with Crippen molar-refractivity contribution in [2.45, 2.75) is 32.7 Å². The van der Waals surface area contributed by atoms with Crippen molar-refractivity contribution in [2.24, 2.45) is 0 Å². The van der Waals surface area contributed by atoms with Gasteiger partial charge in [-0.05, 0) is 61.4 Å². The van der Waals surface area contributed by atoms with E-state index in [2.05, 4.69) is 5.32 Å². The van der Waals surface area contributed by atoms with Crippen LogP contribution in [-0.4, -0.2) is 36.9 Å². The van der Waals surface area contributed by atoms with Crippen molar-refractivity contribution in [3.05, 3.63) is 48.0 Å². The molecule has 2 aromatic carbocycles. The Morgan fingerprint density at radius 2 is 1.93 bits per heavy atom. The second kappa shape index (κ2) is 7.58. The number of fused-ring (bicyclic) bond motifs is 1. The molecular weight excluding hydrogens is 370 g/mol. The van der Waals surface area contributed by atoms with Crippen molar-refractivity contribution in [1.29, 1.82) is 0 Å². The number of nitrogens with one attached hydrogen (secondary N) is 1. The van der Waals surface area contributed by atoms with Gasteiger partial charge < -0.3 is 15.0 Å². The van der Waals surface area contributed by atoms with E-state index >= 15 is 0 Å². The highest BCUT2D eigenvalue weighted by molar-refractivity contribution is 6.23. The van der Waals surface area contributed by atoms with E-state index in [-0.39, 0.29) is 24.1 Å². The van der Waals surface area contributed by atoms with Crippen LogP contribution in [0.25, 0.3) is 0 Å². The summed E-state index contributed by atoms with van der Waals surface area (Å²) in [6, 6.07) is 12.0. The second-order valence-corrected chi connectivity index (χ2v) is 7.16. The van der Waals surface area contributed by atoms with Gasteiger partial charge in [0.25, 0.3) is 5.91 Å². The lowest BCUT2D eigenvalue weighted by Crippen LogP contribution is -2.34. The topological polar surface area (TPSA) is 79.0 Å². The van der Waals surface area contributed by atoms with Crippen LogP contribution >= 0.6 is 0 Å². The Kier molecular flexibility index (Phi) is 4.96. The van der Waals surface area contributed by atoms with E-state index in [1.807, 2.05) is 25.1 Å². The van der Waals surface area contributed by atoms with Crippen molar-refractivity contribution < 1.29 is 19.1 Å². The van der Waals surface area contributed by atoms with E-state index in [0.717, 1.165) is 23.4 Å². The summed E-state index contributed by atoms with van der Waals surface area (Å²) < 4.78 is 5.41. The molecule has 2 heterocycles. The monoisotopic (exact) mass is 393 g/mol. The first-order valence-electron chi connectivity index (χ1n) is 9.75. The molecule has 0 aliphatic carbocycles. The van der Waals surface area contributed by atoms with E-state index in [1.165, 1.54) is 4.90 Å². The van der Waals surface area contributed by atoms with Crippen molar-refractivity contribution in [3.63, 3.8) is 0 Å². The Hall–Kier alpha value is -3.35. The summed E-state index contributed by atoms with van der Waals surface area (Å²) in [4.78, 5) is 40.0. The molecule has 0 spiro atoms. The number of hydrogen-bond donors (Lipinski definition) is 1. The van der Waals surface area contributed by atoms with Gasteiger partial charge in [-0.1, -0.05) is 0 Å². The molecule has 1 saturated heterocycles. The van der Waals surface area contributed by atoms with Gasteiger partial charge >= 0.3 is 0 Å². The molecule has 2 aliphatic heterocycles. The molecule has 7 heteroatoms. The third-order valence-electron chi connectivity index (χ3n) is 5.25. The number of benzene rings is 2. The third kappa shape index (κ3) is 3.55. The fraction of sp³-hybridized carbons (Fsp3) is 0.318. The maximum Gasteiger partial charge on any atom is 0.256 e. The summed E-state index contributed by atoms with van der Waals surface area (Å²) in [5.41, 5.74) is 3.28. The highest BCUT2D eigenvalue weighted by Gasteiger charge is 2.39. The maximum atomic E-state index is 12.9. The maximum absolute atomic E-state index is 12.9. The van der Waals surface area contributed by atoms with Crippen LogP contribution in [-0.2, 0) is 20.8 Å². The summed E-state index contributed by atoms with van der Waals surface area (Å²) in [6.45, 7) is 4.67. The normalized spacial score (nSPS) is 18.2. The van der Waals surface area contributed by atoms with Gasteiger partial charge in [-0.25, -0.2) is 4.90 Å². The fourth-order valence-electron chi connectivity index (χ4n) is 3.89. The average molecular weight is 393 g/mol. The zero-order valence-electron chi connectivity index (χ0n) is 16.5. The van der Waals surface area contributed by atoms with Gasteiger partial charge in [0.2, 0.25) is 11.8 Å². The standard InChI is InChI=1S/C22H23N3O4/c1-3-29-18-7-5-17(6-8-18)25-21(27)13-19(22(25)28)23-16-4-9-20-15(12-16)10-11-24(20)14(2)26/h4-9,12,19,23H,3,10-11,13H2,1-2H3/t19-/m0/s1. The zero-order chi connectivity index (χ0) is 20.5. The van der Waals surface area contributed by atoms with E-state index in [4.69, 9.17) is 4.74 Å². The van der Waals surface area contributed by atoms with Crippen LogP contribution in [0.1, 0.15) is 25.8 Å². The number of anilines is 3. The lowest BCUT2D eigenvalue weighted by atomic mass is 10.1. The third-order valence-corrected chi connectivity index (χ3v) is 5.25. The van der Waals surface area contributed by atoms with Crippen molar-refractivity contribution >= 4 is 34.8 Å². The van der Waals surface area contributed by atoms with Crippen molar-refractivity contribution in [2.75, 3.05) is 28.3 Å². The molecule has 1 N–H and O–H groups in total. The van der Waals surface area contributed by atoms with Crippen LogP contribution in [0.3, 0.4) is 0 Å². The molecular formula is C22H23N3O4. The molecule has 2 aromatic rings. The van der Waals surface area contributed by atoms with Gasteiger partial charge in [0.1, 0.15) is 11.8 Å². The first kappa shape index (κ1) is 19.0. The molecule has 0 saturated carbocycles. The summed E-state index contributed by atoms with van der Waals surface area (Å²) in [6.07, 6.45) is 0.878. The number of rotatable bonds is 5. The zero-order valence-corrected chi connectivity index (χ0v) is 16.5. The fourth-order valence-corrected chi connectivity index (χ4v) is 3.89. The van der Waals surface area contributed by atoms with Crippen LogP contribution in [0.2, 0.25) is 0 Å². The Morgan fingerprint density at radius 1 is 1.17 bits per heavy atom. The van der Waals surface area contributed by atoms with Gasteiger partial charge in [0.05, 0.1) is 18.7 Å². The minimum absolute atomic E-state index is 0.0204. The van der Waals surface area contributed by atoms with Gasteiger partial charge in [-0.2, -0.15) is 0 Å². The Bertz CT molecular complexity index is 971. The highest BCUT2D eigenvalue weighted by Crippen LogP contribution is 2.32. The smallest absolute Gasteiger partial charge is 0.256 e. The molecule has 0 unspecified atom stereocenters. The molecule has 29 heavy (non-hydrogen) atoms. The Labute approximate surface area is 169 Å². The molecule has 0 radical (unpaired) electrons. The molecule has 0 aromatic heterocycles. The van der Waals surface area contributed by atoms with Crippen LogP contribution < -0.4 is 19.9 Å². The first-order valence-corrected chi connectivity index (χ1v) is 9.75. The van der Waals surface area contributed by atoms with Crippen LogP contribution in [0.15, 0.2) is 42.5 Å². The summed E-state index contributed by atoms with van der Waals surface area (Å²) in [5, 5.41) is 3.19. The SMILES string of the molecule is CCOc1ccc(N2C(=O)C[C@H](Nc3ccc4c(c3)CCN4C(C)=O)C2=O)cc1. The Balaban J connectivity index is 1.49. The van der Waals surface area contributed by atoms with E-state index in [9.17, 15) is 14.4 Å². The van der Waals surface area contributed by atoms with Gasteiger partial charge in [-0.15, -0.1) is 0 Å². The van der Waals surface area contributed by atoms with Crippen LogP contribution in [0.4, 0.5) is 17.1 Å². The highest BCUT2D eigenvalue weighted by atomic mass is 16.5. The quantitative estimate of drug-likeness (QED) is 0.791. The summed E-state index contributed by atoms with van der Waals surface area (Å²) in [7, 11) is 0. The van der Waals surface area contributed by atoms with E-state index in [0.29, 0.717) is 24.6 Å². The van der Waals surface area contributed by atoms with Crippen LogP contribution in [0.5, 0.6) is 5.75 Å². The number of hydrogen-bond acceptors (Lipinski definition) is 5. The van der Waals surface area contributed by atoms with Gasteiger partial charge in [-0.3, -0.25) is 14.4 Å². The first-order chi connectivity index (χ1) is 14.0. The molecule has 3 amide bonds. The van der Waals surface area contributed by atoms with Gasteiger partial charge in [0, 0.05) is 24.8 Å². The number of amides is 3. The lowest BCUT2D eigenvalue weighted by Gasteiger charge is -2.18. The minimum atomic E-state index is -0.613. The van der Waals surface area contributed by atoms with Crippen molar-refractivity contribution in [1.82, 2.24) is 0 Å². The molecule has 1 atom stereocenters. The number of ether oxygens (including phenoxy) is 1. The molecule has 7 nitrogen and oxygen atoms in total. The predicted octanol–water partition coefficient (Wildman–Crippen LogP) is 2.74. The summed E-state index contributed by atoms with van der Waals surface area (Å²) >= 11 is 0. The van der Waals surface area contributed by atoms with Crippen molar-refractivity contribution in [3.8, 4) is 5.75 Å². The second-order valence-electron chi connectivity index (χ2n) is 7.16. The number of carbonyl (C=O) groups excluding carboxylic acids is 3. The average Bonchev–Trinajstić information content (AvgIpc) is 3.24. The molecule has 0 bridgehead atoms. The van der Waals surface area contributed by atoms with Crippen LogP contribution in [0, 0.1) is 0 Å². The Morgan fingerprint density at radius 3 is 2.62 bits per heavy atom. The largest absolute Gasteiger partial charge is 0.494 e. The number of carbonyl (C=O) groups is 3. The summed E-state index contributed by atoms with van der Waals surface area (Å²) in [5.74, 6) is 0.209. The minimum Gasteiger partial charge on any atom is -0.494 e. The lowest BCUT2D eigenvalue weighted by molar-refractivity contribution is -0.121. The number of nitrogens with zero attached hydrogens (tertiary/aromatic N) is 2. The molecule has 4 rings (SSSR count). The molecule has 150 valence electrons. The predicted molar refractivity (Wildman–Crippen MR) is 110 cm³/mol. The molecule has 2 aliphatic rings. The molecule has 1 fully saturated rings. The number of imide groups is 1.